The van der Waals surface area contributed by atoms with E-state index < -0.39 is 0 Å². The third-order valence-corrected chi connectivity index (χ3v) is 4.29. The van der Waals surface area contributed by atoms with Gasteiger partial charge in [-0.1, -0.05) is 35.3 Å². The van der Waals surface area contributed by atoms with Crippen molar-refractivity contribution in [2.24, 2.45) is 5.73 Å². The molecule has 4 heteroatoms. The molecule has 3 N–H and O–H groups in total. The predicted molar refractivity (Wildman–Crippen MR) is 81.2 cm³/mol. The number of rotatable bonds is 4. The Bertz CT molecular complexity index is 603. The van der Waals surface area contributed by atoms with Gasteiger partial charge in [0.2, 0.25) is 0 Å². The van der Waals surface area contributed by atoms with Crippen molar-refractivity contribution in [1.82, 2.24) is 9.97 Å². The molecule has 1 aromatic carbocycles. The molecule has 1 atom stereocenters. The van der Waals surface area contributed by atoms with E-state index in [9.17, 15) is 0 Å². The van der Waals surface area contributed by atoms with Crippen molar-refractivity contribution in [3.63, 3.8) is 0 Å². The van der Waals surface area contributed by atoms with E-state index in [-0.39, 0.29) is 0 Å². The van der Waals surface area contributed by atoms with Crippen LogP contribution < -0.4 is 5.73 Å². The summed E-state index contributed by atoms with van der Waals surface area (Å²) in [5.41, 5.74) is 10.8. The second-order valence-electron chi connectivity index (χ2n) is 5.15. The maximum Gasteiger partial charge on any atom is 0.111 e. The molecule has 0 bridgehead atoms. The summed E-state index contributed by atoms with van der Waals surface area (Å²) in [6.07, 6.45) is 3.17. The number of benzene rings is 1. The average molecular weight is 320 g/mol. The first-order chi connectivity index (χ1) is 9.22. The number of fused-ring (bicyclic) bond motifs is 3. The summed E-state index contributed by atoms with van der Waals surface area (Å²) in [6, 6.07) is 6.40. The Kier molecular flexibility index (Phi) is 3.46. The highest BCUT2D eigenvalue weighted by Crippen LogP contribution is 2.37. The maximum atomic E-state index is 5.86. The van der Waals surface area contributed by atoms with Gasteiger partial charge in [0.1, 0.15) is 5.82 Å². The second kappa shape index (κ2) is 5.10. The number of nitrogens with two attached hydrogens (primary N) is 1. The first-order valence-electron chi connectivity index (χ1n) is 6.80. The van der Waals surface area contributed by atoms with Gasteiger partial charge in [-0.25, -0.2) is 4.98 Å². The first kappa shape index (κ1) is 12.9. The molecule has 2 aromatic rings. The second-order valence-corrected chi connectivity index (χ2v) is 6.06. The molecule has 1 aliphatic rings. The van der Waals surface area contributed by atoms with Crippen LogP contribution in [-0.4, -0.2) is 16.5 Å². The van der Waals surface area contributed by atoms with Crippen LogP contribution in [0.15, 0.2) is 22.7 Å². The molecule has 0 amide bonds. The van der Waals surface area contributed by atoms with E-state index in [1.807, 2.05) is 0 Å². The van der Waals surface area contributed by atoms with Crippen LogP contribution in [0.1, 0.15) is 42.8 Å². The van der Waals surface area contributed by atoms with E-state index in [4.69, 9.17) is 10.7 Å². The topological polar surface area (TPSA) is 54.7 Å². The lowest BCUT2D eigenvalue weighted by Crippen LogP contribution is -2.14. The number of hydrogen-bond donors (Lipinski definition) is 2. The van der Waals surface area contributed by atoms with Gasteiger partial charge in [0.05, 0.1) is 5.69 Å². The predicted octanol–water partition coefficient (Wildman–Crippen LogP) is 3.59. The zero-order valence-electron chi connectivity index (χ0n) is 11.0. The van der Waals surface area contributed by atoms with Gasteiger partial charge in [0.25, 0.3) is 0 Å². The van der Waals surface area contributed by atoms with Crippen LogP contribution in [0.3, 0.4) is 0 Å². The molecule has 1 unspecified atom stereocenters. The Hall–Kier alpha value is -1.13. The molecule has 3 rings (SSSR count). The van der Waals surface area contributed by atoms with E-state index in [2.05, 4.69) is 46.0 Å². The number of halogens is 1. The molecule has 0 spiro atoms. The summed E-state index contributed by atoms with van der Waals surface area (Å²) < 4.78 is 1.13. The van der Waals surface area contributed by atoms with Gasteiger partial charge in [-0.3, -0.25) is 0 Å². The molecule has 0 aliphatic heterocycles. The molecule has 0 fully saturated rings. The monoisotopic (exact) mass is 319 g/mol. The molecule has 0 saturated carbocycles. The largest absolute Gasteiger partial charge is 0.345 e. The molecular weight excluding hydrogens is 302 g/mol. The van der Waals surface area contributed by atoms with Crippen LogP contribution in [0.2, 0.25) is 0 Å². The zero-order chi connectivity index (χ0) is 13.4. The quantitative estimate of drug-likeness (QED) is 0.772. The molecule has 0 radical (unpaired) electrons. The molecule has 0 saturated heterocycles. The molecule has 1 aliphatic carbocycles. The normalized spacial score (nSPS) is 14.3. The lowest BCUT2D eigenvalue weighted by atomic mass is 10.0. The smallest absolute Gasteiger partial charge is 0.111 e. The van der Waals surface area contributed by atoms with Crippen LogP contribution in [0, 0.1) is 0 Å². The number of H-pyrrole nitrogens is 1. The highest BCUT2D eigenvalue weighted by Gasteiger charge is 2.24. The standard InChI is InChI=1S/C15H18BrN3/c1-2-3-9(8-17)15-18-13-7-10-6-11(16)4-5-12(10)14(13)19-15/h4-6,9H,2-3,7-8,17H2,1H3,(H,18,19). The Balaban J connectivity index is 1.97. The van der Waals surface area contributed by atoms with Crippen molar-refractivity contribution in [1.29, 1.82) is 0 Å². The Morgan fingerprint density at radius 1 is 1.47 bits per heavy atom. The Morgan fingerprint density at radius 3 is 3.05 bits per heavy atom. The van der Waals surface area contributed by atoms with Crippen LogP contribution in [0.25, 0.3) is 11.3 Å². The van der Waals surface area contributed by atoms with Gasteiger partial charge in [-0.15, -0.1) is 0 Å². The summed E-state index contributed by atoms with van der Waals surface area (Å²) in [5.74, 6) is 1.41. The van der Waals surface area contributed by atoms with Crippen LogP contribution in [-0.2, 0) is 6.42 Å². The summed E-state index contributed by atoms with van der Waals surface area (Å²) in [7, 11) is 0. The van der Waals surface area contributed by atoms with E-state index in [0.29, 0.717) is 12.5 Å². The van der Waals surface area contributed by atoms with Gasteiger partial charge >= 0.3 is 0 Å². The van der Waals surface area contributed by atoms with Crippen molar-refractivity contribution in [2.45, 2.75) is 32.1 Å². The van der Waals surface area contributed by atoms with Gasteiger partial charge in [-0.2, -0.15) is 0 Å². The van der Waals surface area contributed by atoms with Crippen LogP contribution >= 0.6 is 15.9 Å². The molecule has 1 heterocycles. The van der Waals surface area contributed by atoms with Crippen LogP contribution in [0.4, 0.5) is 0 Å². The first-order valence-corrected chi connectivity index (χ1v) is 7.59. The lowest BCUT2D eigenvalue weighted by Gasteiger charge is -2.10. The van der Waals surface area contributed by atoms with E-state index in [1.54, 1.807) is 0 Å². The Morgan fingerprint density at radius 2 is 2.32 bits per heavy atom. The van der Waals surface area contributed by atoms with Crippen molar-refractivity contribution < 1.29 is 0 Å². The van der Waals surface area contributed by atoms with Crippen molar-refractivity contribution in [2.75, 3.05) is 6.54 Å². The minimum absolute atomic E-state index is 0.356. The summed E-state index contributed by atoms with van der Waals surface area (Å²) in [5, 5.41) is 0. The summed E-state index contributed by atoms with van der Waals surface area (Å²) in [4.78, 5) is 8.29. The number of nitrogens with zero attached hydrogens (tertiary/aromatic N) is 1. The Labute approximate surface area is 121 Å². The third kappa shape index (κ3) is 2.23. The minimum Gasteiger partial charge on any atom is -0.345 e. The van der Waals surface area contributed by atoms with Crippen molar-refractivity contribution in [3.05, 3.63) is 39.8 Å². The fourth-order valence-electron chi connectivity index (χ4n) is 2.82. The number of nitrogens with one attached hydrogen (secondary N) is 1. The van der Waals surface area contributed by atoms with Crippen molar-refractivity contribution in [3.8, 4) is 11.3 Å². The minimum atomic E-state index is 0.356. The zero-order valence-corrected chi connectivity index (χ0v) is 12.6. The SMILES string of the molecule is CCCC(CN)c1nc2c([nH]1)Cc1cc(Br)ccc1-2. The number of aromatic amines is 1. The van der Waals surface area contributed by atoms with Crippen LogP contribution in [0.5, 0.6) is 0 Å². The molecule has 3 nitrogen and oxygen atoms in total. The number of aromatic nitrogens is 2. The van der Waals surface area contributed by atoms with Gasteiger partial charge in [0, 0.05) is 34.6 Å². The molecule has 19 heavy (non-hydrogen) atoms. The highest BCUT2D eigenvalue weighted by atomic mass is 79.9. The average Bonchev–Trinajstić information content (AvgIpc) is 2.92. The van der Waals surface area contributed by atoms with Gasteiger partial charge in [0.15, 0.2) is 0 Å². The summed E-state index contributed by atoms with van der Waals surface area (Å²) >= 11 is 3.52. The maximum absolute atomic E-state index is 5.86. The van der Waals surface area contributed by atoms with E-state index in [1.165, 1.54) is 16.8 Å². The summed E-state index contributed by atoms with van der Waals surface area (Å²) in [6.45, 7) is 2.85. The fraction of sp³-hybridized carbons (Fsp3) is 0.400. The lowest BCUT2D eigenvalue weighted by molar-refractivity contribution is 0.594. The fourth-order valence-corrected chi connectivity index (χ4v) is 3.23. The molecular formula is C15H18BrN3. The molecule has 100 valence electrons. The van der Waals surface area contributed by atoms with E-state index >= 15 is 0 Å². The highest BCUT2D eigenvalue weighted by molar-refractivity contribution is 9.10. The number of imidazole rings is 1. The van der Waals surface area contributed by atoms with Gasteiger partial charge in [-0.05, 0) is 24.1 Å². The van der Waals surface area contributed by atoms with Crippen molar-refractivity contribution >= 4 is 15.9 Å². The van der Waals surface area contributed by atoms with E-state index in [0.717, 1.165) is 35.3 Å². The molecule has 1 aromatic heterocycles. The van der Waals surface area contributed by atoms with Gasteiger partial charge < -0.3 is 10.7 Å². The third-order valence-electron chi connectivity index (χ3n) is 3.80. The number of hydrogen-bond acceptors (Lipinski definition) is 2.